The van der Waals surface area contributed by atoms with E-state index in [-0.39, 0.29) is 21.9 Å². The molecule has 7 heteroatoms. The van der Waals surface area contributed by atoms with Crippen LogP contribution in [0.2, 0.25) is 0 Å². The Labute approximate surface area is 110 Å². The van der Waals surface area contributed by atoms with Gasteiger partial charge in [0.2, 0.25) is 11.2 Å². The summed E-state index contributed by atoms with van der Waals surface area (Å²) >= 11 is 0. The summed E-state index contributed by atoms with van der Waals surface area (Å²) in [7, 11) is 0. The molecule has 0 saturated carbocycles. The van der Waals surface area contributed by atoms with E-state index < -0.39 is 34.2 Å². The van der Waals surface area contributed by atoms with E-state index in [2.05, 4.69) is 0 Å². The number of fused-ring (bicyclic) bond motifs is 2. The predicted octanol–water partition coefficient (Wildman–Crippen LogP) is 1.47. The second-order valence-corrected chi connectivity index (χ2v) is 4.23. The second-order valence-electron chi connectivity index (χ2n) is 4.23. The molecule has 1 heterocycles. The lowest BCUT2D eigenvalue weighted by atomic mass is 10.1. The molecule has 20 heavy (non-hydrogen) atoms. The summed E-state index contributed by atoms with van der Waals surface area (Å²) < 4.78 is 5.28. The van der Waals surface area contributed by atoms with E-state index in [1.807, 2.05) is 0 Å². The van der Waals surface area contributed by atoms with Crippen LogP contribution in [-0.2, 0) is 0 Å². The number of aromatic hydroxyl groups is 5. The Morgan fingerprint density at radius 3 is 2.05 bits per heavy atom. The van der Waals surface area contributed by atoms with Crippen LogP contribution >= 0.6 is 0 Å². The van der Waals surface area contributed by atoms with Gasteiger partial charge in [0, 0.05) is 12.1 Å². The van der Waals surface area contributed by atoms with Gasteiger partial charge in [-0.3, -0.25) is 4.79 Å². The third-order valence-corrected chi connectivity index (χ3v) is 2.99. The Balaban J connectivity index is 2.61. The first-order valence-corrected chi connectivity index (χ1v) is 5.46. The smallest absolute Gasteiger partial charge is 0.204 e. The molecule has 7 nitrogen and oxygen atoms in total. The van der Waals surface area contributed by atoms with E-state index in [1.165, 1.54) is 0 Å². The Kier molecular flexibility index (Phi) is 2.22. The molecule has 0 spiro atoms. The highest BCUT2D eigenvalue weighted by molar-refractivity contribution is 5.96. The van der Waals surface area contributed by atoms with Crippen LogP contribution in [0, 0.1) is 0 Å². The minimum Gasteiger partial charge on any atom is -0.504 e. The van der Waals surface area contributed by atoms with Crippen LogP contribution in [0.5, 0.6) is 28.7 Å². The summed E-state index contributed by atoms with van der Waals surface area (Å²) in [5, 5.41) is 46.9. The molecule has 5 N–H and O–H groups in total. The average molecular weight is 276 g/mol. The van der Waals surface area contributed by atoms with Crippen LogP contribution < -0.4 is 5.43 Å². The van der Waals surface area contributed by atoms with E-state index in [0.717, 1.165) is 18.2 Å². The van der Waals surface area contributed by atoms with E-state index in [9.17, 15) is 30.3 Å². The van der Waals surface area contributed by atoms with Gasteiger partial charge in [0.15, 0.2) is 23.0 Å². The molecule has 102 valence electrons. The van der Waals surface area contributed by atoms with Crippen molar-refractivity contribution in [1.29, 1.82) is 0 Å². The van der Waals surface area contributed by atoms with Gasteiger partial charge in [-0.1, -0.05) is 0 Å². The van der Waals surface area contributed by atoms with Crippen molar-refractivity contribution in [2.75, 3.05) is 0 Å². The first kappa shape index (κ1) is 12.0. The molecule has 0 radical (unpaired) electrons. The third kappa shape index (κ3) is 1.43. The first-order valence-electron chi connectivity index (χ1n) is 5.46. The van der Waals surface area contributed by atoms with Crippen LogP contribution in [0.4, 0.5) is 0 Å². The first-order chi connectivity index (χ1) is 9.40. The van der Waals surface area contributed by atoms with E-state index in [4.69, 9.17) is 4.42 Å². The molecule has 0 saturated heterocycles. The fraction of sp³-hybridized carbons (Fsp3) is 0. The van der Waals surface area contributed by atoms with Gasteiger partial charge in [-0.2, -0.15) is 0 Å². The summed E-state index contributed by atoms with van der Waals surface area (Å²) in [6, 6.07) is 2.99. The molecule has 0 aliphatic rings. The maximum absolute atomic E-state index is 12.2. The maximum atomic E-state index is 12.2. The molecule has 0 aliphatic heterocycles. The SMILES string of the molecule is O=c1c2cc(O)c(O)cc2oc2cc(O)c(O)c(O)c12. The normalized spacial score (nSPS) is 11.2. The average Bonchev–Trinajstić information content (AvgIpc) is 2.39. The van der Waals surface area contributed by atoms with E-state index >= 15 is 0 Å². The fourth-order valence-electron chi connectivity index (χ4n) is 1.99. The molecular formula is C13H8O7. The topological polar surface area (TPSA) is 131 Å². The van der Waals surface area contributed by atoms with Crippen molar-refractivity contribution < 1.29 is 29.9 Å². The molecule has 3 rings (SSSR count). The third-order valence-electron chi connectivity index (χ3n) is 2.99. The number of phenols is 5. The summed E-state index contributed by atoms with van der Waals surface area (Å²) in [6.07, 6.45) is 0. The fourth-order valence-corrected chi connectivity index (χ4v) is 1.99. The van der Waals surface area contributed by atoms with Gasteiger partial charge in [0.25, 0.3) is 0 Å². The van der Waals surface area contributed by atoms with Gasteiger partial charge in [-0.25, -0.2) is 0 Å². The predicted molar refractivity (Wildman–Crippen MR) is 68.3 cm³/mol. The lowest BCUT2D eigenvalue weighted by molar-refractivity contribution is 0.370. The highest BCUT2D eigenvalue weighted by Crippen LogP contribution is 2.41. The molecule has 0 bridgehead atoms. The number of phenolic OH excluding ortho intramolecular Hbond substituents is 5. The van der Waals surface area contributed by atoms with Gasteiger partial charge in [-0.15, -0.1) is 0 Å². The van der Waals surface area contributed by atoms with Crippen LogP contribution in [0.1, 0.15) is 0 Å². The zero-order chi connectivity index (χ0) is 14.6. The summed E-state index contributed by atoms with van der Waals surface area (Å²) in [6.45, 7) is 0. The zero-order valence-electron chi connectivity index (χ0n) is 9.78. The Morgan fingerprint density at radius 2 is 1.35 bits per heavy atom. The van der Waals surface area contributed by atoms with Crippen molar-refractivity contribution in [2.24, 2.45) is 0 Å². The van der Waals surface area contributed by atoms with E-state index in [0.29, 0.717) is 0 Å². The summed E-state index contributed by atoms with van der Waals surface area (Å²) in [4.78, 5) is 12.2. The van der Waals surface area contributed by atoms with Crippen molar-refractivity contribution in [3.05, 3.63) is 28.4 Å². The Bertz CT molecular complexity index is 924. The summed E-state index contributed by atoms with van der Waals surface area (Å²) in [5.74, 6) is -3.31. The molecule has 0 fully saturated rings. The molecule has 0 amide bonds. The molecule has 0 unspecified atom stereocenters. The minimum atomic E-state index is -0.841. The lowest BCUT2D eigenvalue weighted by Crippen LogP contribution is -2.02. The number of rotatable bonds is 0. The van der Waals surface area contributed by atoms with Crippen molar-refractivity contribution in [1.82, 2.24) is 0 Å². The molecule has 3 aromatic rings. The quantitative estimate of drug-likeness (QED) is 0.310. The van der Waals surface area contributed by atoms with Crippen molar-refractivity contribution in [2.45, 2.75) is 0 Å². The summed E-state index contributed by atoms with van der Waals surface area (Å²) in [5.41, 5.74) is -0.924. The second kappa shape index (κ2) is 3.70. The van der Waals surface area contributed by atoms with Gasteiger partial charge in [0.05, 0.1) is 5.39 Å². The lowest BCUT2D eigenvalue weighted by Gasteiger charge is -2.07. The van der Waals surface area contributed by atoms with Crippen LogP contribution in [0.3, 0.4) is 0 Å². The zero-order valence-corrected chi connectivity index (χ0v) is 9.78. The highest BCUT2D eigenvalue weighted by atomic mass is 16.3. The van der Waals surface area contributed by atoms with Crippen molar-refractivity contribution >= 4 is 21.9 Å². The van der Waals surface area contributed by atoms with Gasteiger partial charge < -0.3 is 29.9 Å². The number of hydrogen-bond acceptors (Lipinski definition) is 7. The monoisotopic (exact) mass is 276 g/mol. The molecule has 2 aromatic carbocycles. The Morgan fingerprint density at radius 1 is 0.750 bits per heavy atom. The minimum absolute atomic E-state index is 0.0395. The van der Waals surface area contributed by atoms with Gasteiger partial charge in [0.1, 0.15) is 16.6 Å². The van der Waals surface area contributed by atoms with Gasteiger partial charge in [-0.05, 0) is 6.07 Å². The standard InChI is InChI=1S/C13H8O7/c14-5-1-4-8(2-6(5)15)20-9-3-7(16)12(18)13(19)10(9)11(4)17/h1-3,14-16,18-19H. The molecular weight excluding hydrogens is 268 g/mol. The molecule has 0 aliphatic carbocycles. The number of hydrogen-bond donors (Lipinski definition) is 5. The van der Waals surface area contributed by atoms with Crippen molar-refractivity contribution in [3.8, 4) is 28.7 Å². The van der Waals surface area contributed by atoms with Crippen LogP contribution in [0.15, 0.2) is 27.4 Å². The van der Waals surface area contributed by atoms with Crippen molar-refractivity contribution in [3.63, 3.8) is 0 Å². The Hall–Kier alpha value is -3.09. The molecule has 1 aromatic heterocycles. The highest BCUT2D eigenvalue weighted by Gasteiger charge is 2.19. The van der Waals surface area contributed by atoms with Crippen LogP contribution in [0.25, 0.3) is 21.9 Å². The van der Waals surface area contributed by atoms with Gasteiger partial charge >= 0.3 is 0 Å². The largest absolute Gasteiger partial charge is 0.504 e. The maximum Gasteiger partial charge on any atom is 0.204 e. The number of benzene rings is 2. The van der Waals surface area contributed by atoms with E-state index in [1.54, 1.807) is 0 Å². The molecule has 0 atom stereocenters. The van der Waals surface area contributed by atoms with Crippen LogP contribution in [-0.4, -0.2) is 25.5 Å².